The van der Waals surface area contributed by atoms with Crippen molar-refractivity contribution in [2.45, 2.75) is 28.2 Å². The molecule has 2 rings (SSSR count). The van der Waals surface area contributed by atoms with Crippen molar-refractivity contribution in [1.82, 2.24) is 5.32 Å². The van der Waals surface area contributed by atoms with Crippen molar-refractivity contribution in [1.29, 1.82) is 0 Å². The number of quaternary nitrogens is 1. The number of nitrogens with one attached hydrogen (secondary N) is 1. The maximum Gasteiger partial charge on any atom is 0.251 e. The summed E-state index contributed by atoms with van der Waals surface area (Å²) in [5, 5.41) is 3.04. The highest BCUT2D eigenvalue weighted by molar-refractivity contribution is 5.94. The van der Waals surface area contributed by atoms with Crippen LogP contribution >= 0.6 is 0 Å². The highest BCUT2D eigenvalue weighted by atomic mass is 127. The van der Waals surface area contributed by atoms with Crippen LogP contribution in [-0.2, 0) is 0 Å². The van der Waals surface area contributed by atoms with E-state index in [-0.39, 0.29) is 37.3 Å². The normalized spacial score (nSPS) is 10.4. The predicted molar refractivity (Wildman–Crippen MR) is 113 cm³/mol. The molecule has 0 unspecified atom stereocenters. The molecule has 0 aliphatic heterocycles. The van der Waals surface area contributed by atoms with Gasteiger partial charge in [0, 0.05) is 5.56 Å². The number of nitrogens with zero attached hydrogens (tertiary/aromatic N) is 1. The number of carbonyl (C=O) groups is 1. The summed E-state index contributed by atoms with van der Waals surface area (Å²) in [6.07, 6.45) is 0. The number of amides is 1. The number of aryl methyl sites for hydroxylation is 1. The monoisotopic (exact) mass is 498 g/mol. The SMILES string of the molecule is C.CC[N+](CC)(CCNC(=O)c1ccccc1)CCOc1cccc(C)c1.[I-]. The van der Waals surface area contributed by atoms with Crippen LogP contribution in [0.2, 0.25) is 0 Å². The number of halogens is 1. The van der Waals surface area contributed by atoms with E-state index in [0.717, 1.165) is 36.4 Å². The second-order valence-electron chi connectivity index (χ2n) is 6.71. The van der Waals surface area contributed by atoms with Crippen molar-refractivity contribution >= 4 is 5.91 Å². The number of hydrogen-bond donors (Lipinski definition) is 1. The van der Waals surface area contributed by atoms with Crippen LogP contribution < -0.4 is 34.0 Å². The van der Waals surface area contributed by atoms with Crippen molar-refractivity contribution < 1.29 is 38.0 Å². The molecule has 0 bridgehead atoms. The molecule has 0 saturated heterocycles. The summed E-state index contributed by atoms with van der Waals surface area (Å²) in [4.78, 5) is 12.2. The fourth-order valence-electron chi connectivity index (χ4n) is 3.13. The molecule has 0 radical (unpaired) electrons. The van der Waals surface area contributed by atoms with E-state index in [0.29, 0.717) is 18.7 Å². The Balaban J connectivity index is 0.00000364. The summed E-state index contributed by atoms with van der Waals surface area (Å²) in [6.45, 7) is 11.7. The Morgan fingerprint density at radius 2 is 1.68 bits per heavy atom. The first-order chi connectivity index (χ1) is 12.6. The first kappa shape index (κ1) is 26.4. The Bertz CT molecular complexity index is 688. The van der Waals surface area contributed by atoms with Gasteiger partial charge >= 0.3 is 0 Å². The van der Waals surface area contributed by atoms with Crippen LogP contribution in [0, 0.1) is 6.92 Å². The molecular formula is C23H35IN2O2. The van der Waals surface area contributed by atoms with E-state index in [9.17, 15) is 4.79 Å². The van der Waals surface area contributed by atoms with E-state index < -0.39 is 0 Å². The van der Waals surface area contributed by atoms with Gasteiger partial charge in [-0.05, 0) is 50.6 Å². The van der Waals surface area contributed by atoms with Gasteiger partial charge in [-0.1, -0.05) is 37.8 Å². The van der Waals surface area contributed by atoms with Crippen molar-refractivity contribution in [2.75, 3.05) is 39.3 Å². The first-order valence-corrected chi connectivity index (χ1v) is 9.46. The van der Waals surface area contributed by atoms with Crippen LogP contribution in [0.15, 0.2) is 54.6 Å². The molecule has 0 aromatic heterocycles. The quantitative estimate of drug-likeness (QED) is 0.397. The van der Waals surface area contributed by atoms with E-state index >= 15 is 0 Å². The van der Waals surface area contributed by atoms with Crippen LogP contribution in [0.4, 0.5) is 0 Å². The molecule has 1 amide bonds. The van der Waals surface area contributed by atoms with Crippen molar-refractivity contribution in [2.24, 2.45) is 0 Å². The molecule has 156 valence electrons. The number of benzene rings is 2. The maximum atomic E-state index is 12.2. The zero-order valence-corrected chi connectivity index (χ0v) is 18.7. The molecule has 2 aromatic rings. The lowest BCUT2D eigenvalue weighted by molar-refractivity contribution is -0.923. The highest BCUT2D eigenvalue weighted by Gasteiger charge is 2.23. The lowest BCUT2D eigenvalue weighted by atomic mass is 10.2. The molecule has 0 aliphatic rings. The van der Waals surface area contributed by atoms with Crippen molar-refractivity contribution in [3.05, 3.63) is 65.7 Å². The van der Waals surface area contributed by atoms with Gasteiger partial charge in [0.2, 0.25) is 0 Å². The topological polar surface area (TPSA) is 38.3 Å². The third kappa shape index (κ3) is 8.19. The molecule has 2 aromatic carbocycles. The van der Waals surface area contributed by atoms with Gasteiger partial charge < -0.3 is 38.5 Å². The number of likely N-dealkylation sites (N-methyl/N-ethyl adjacent to an activating group) is 1. The minimum Gasteiger partial charge on any atom is -1.00 e. The smallest absolute Gasteiger partial charge is 0.251 e. The molecule has 0 spiro atoms. The molecule has 0 saturated carbocycles. The van der Waals surface area contributed by atoms with Gasteiger partial charge in [-0.2, -0.15) is 0 Å². The van der Waals surface area contributed by atoms with Crippen LogP contribution in [0.1, 0.15) is 37.2 Å². The zero-order chi connectivity index (χ0) is 18.8. The van der Waals surface area contributed by atoms with Gasteiger partial charge in [0.15, 0.2) is 0 Å². The molecule has 5 heteroatoms. The van der Waals surface area contributed by atoms with Gasteiger partial charge in [-0.15, -0.1) is 0 Å². The van der Waals surface area contributed by atoms with Crippen LogP contribution in [0.5, 0.6) is 5.75 Å². The zero-order valence-electron chi connectivity index (χ0n) is 16.6. The van der Waals surface area contributed by atoms with Gasteiger partial charge in [0.05, 0.1) is 26.2 Å². The largest absolute Gasteiger partial charge is 1.00 e. The lowest BCUT2D eigenvalue weighted by Gasteiger charge is -2.36. The first-order valence-electron chi connectivity index (χ1n) is 9.46. The molecule has 0 aliphatic carbocycles. The molecule has 0 heterocycles. The summed E-state index contributed by atoms with van der Waals surface area (Å²) in [6, 6.07) is 17.5. The standard InChI is InChI=1S/C22H30N2O2.CH4.HI/c1-4-24(5-2,16-17-26-21-13-9-10-19(3)18-21)15-14-23-22(25)20-11-7-6-8-12-20;;/h6-13,18H,4-5,14-17H2,1-3H3;1H4;1H. The summed E-state index contributed by atoms with van der Waals surface area (Å²) in [5.74, 6) is 0.916. The summed E-state index contributed by atoms with van der Waals surface area (Å²) < 4.78 is 6.87. The summed E-state index contributed by atoms with van der Waals surface area (Å²) in [5.41, 5.74) is 1.92. The van der Waals surface area contributed by atoms with E-state index in [2.05, 4.69) is 38.2 Å². The molecule has 0 atom stereocenters. The van der Waals surface area contributed by atoms with Gasteiger partial charge in [0.1, 0.15) is 18.9 Å². The Kier molecular flexibility index (Phi) is 12.8. The van der Waals surface area contributed by atoms with Crippen LogP contribution in [-0.4, -0.2) is 49.7 Å². The van der Waals surface area contributed by atoms with E-state index in [1.807, 2.05) is 42.5 Å². The van der Waals surface area contributed by atoms with Gasteiger partial charge in [-0.3, -0.25) is 4.79 Å². The van der Waals surface area contributed by atoms with Gasteiger partial charge in [-0.25, -0.2) is 0 Å². The second kappa shape index (κ2) is 13.6. The summed E-state index contributed by atoms with van der Waals surface area (Å²) in [7, 11) is 0. The summed E-state index contributed by atoms with van der Waals surface area (Å²) >= 11 is 0. The van der Waals surface area contributed by atoms with Crippen molar-refractivity contribution in [3.8, 4) is 5.75 Å². The van der Waals surface area contributed by atoms with E-state index in [1.165, 1.54) is 5.56 Å². The van der Waals surface area contributed by atoms with Crippen molar-refractivity contribution in [3.63, 3.8) is 0 Å². The Labute approximate surface area is 187 Å². The molecule has 28 heavy (non-hydrogen) atoms. The Morgan fingerprint density at radius 1 is 1.00 bits per heavy atom. The predicted octanol–water partition coefficient (Wildman–Crippen LogP) is 1.30. The Hall–Kier alpha value is -1.60. The Morgan fingerprint density at radius 3 is 2.29 bits per heavy atom. The number of rotatable bonds is 10. The maximum absolute atomic E-state index is 12.2. The molecule has 4 nitrogen and oxygen atoms in total. The minimum absolute atomic E-state index is 0. The average Bonchev–Trinajstić information content (AvgIpc) is 2.67. The molecule has 0 fully saturated rings. The molecular weight excluding hydrogens is 463 g/mol. The fourth-order valence-corrected chi connectivity index (χ4v) is 3.13. The number of carbonyl (C=O) groups excluding carboxylic acids is 1. The lowest BCUT2D eigenvalue weighted by Crippen LogP contribution is -3.00. The van der Waals surface area contributed by atoms with E-state index in [4.69, 9.17) is 4.74 Å². The fraction of sp³-hybridized carbons (Fsp3) is 0.435. The average molecular weight is 498 g/mol. The number of ether oxygens (including phenoxy) is 1. The third-order valence-electron chi connectivity index (χ3n) is 5.07. The second-order valence-corrected chi connectivity index (χ2v) is 6.71. The number of hydrogen-bond acceptors (Lipinski definition) is 2. The highest BCUT2D eigenvalue weighted by Crippen LogP contribution is 2.13. The molecule has 1 N–H and O–H groups in total. The minimum atomic E-state index is -0.00748. The van der Waals surface area contributed by atoms with Gasteiger partial charge in [0.25, 0.3) is 5.91 Å². The van der Waals surface area contributed by atoms with Crippen LogP contribution in [0.3, 0.4) is 0 Å². The van der Waals surface area contributed by atoms with E-state index in [1.54, 1.807) is 0 Å². The third-order valence-corrected chi connectivity index (χ3v) is 5.07. The van der Waals surface area contributed by atoms with Crippen LogP contribution in [0.25, 0.3) is 0 Å².